The second-order valence-electron chi connectivity index (χ2n) is 9.38. The number of aromatic nitrogens is 2. The molecule has 235 valence electrons. The van der Waals surface area contributed by atoms with E-state index in [-0.39, 0.29) is 48.7 Å². The van der Waals surface area contributed by atoms with Crippen LogP contribution in [0.1, 0.15) is 77.0 Å². The number of carbonyl (C=O) groups excluding carboxylic acids is 2. The number of halogens is 2. The van der Waals surface area contributed by atoms with Crippen LogP contribution in [0, 0.1) is 0 Å². The van der Waals surface area contributed by atoms with Crippen LogP contribution in [0.25, 0.3) is 0 Å². The van der Waals surface area contributed by atoms with Crippen molar-refractivity contribution in [1.29, 1.82) is 0 Å². The van der Waals surface area contributed by atoms with Gasteiger partial charge in [-0.3, -0.25) is 4.39 Å². The third kappa shape index (κ3) is 15.7. The van der Waals surface area contributed by atoms with Crippen molar-refractivity contribution in [2.45, 2.75) is 89.9 Å². The number of hydrogen-bond acceptors (Lipinski definition) is 12. The molecule has 0 aliphatic carbocycles. The van der Waals surface area contributed by atoms with Crippen LogP contribution in [0.5, 0.6) is 0 Å². The SMILES string of the molecule is CC(C)OC(=O)N[C@@H]1CC[C@@H](c2ncc(Br)s2)OC1.CC(C)OC(=O)N[C@@H]1CC[C@@H](c2nccs2)OC1.[2H]CF.[B]=NS. The number of thiazole rings is 2. The fourth-order valence-electron chi connectivity index (χ4n) is 3.76. The monoisotopic (exact) mass is 711 g/mol. The van der Waals surface area contributed by atoms with Crippen LogP contribution in [0.3, 0.4) is 0 Å². The molecule has 2 saturated heterocycles. The van der Waals surface area contributed by atoms with Gasteiger partial charge in [-0.15, -0.1) is 22.7 Å². The van der Waals surface area contributed by atoms with E-state index in [1.165, 1.54) is 0 Å². The Bertz CT molecular complexity index is 1050. The predicted molar refractivity (Wildman–Crippen MR) is 169 cm³/mol. The molecule has 42 heavy (non-hydrogen) atoms. The van der Waals surface area contributed by atoms with Gasteiger partial charge in [0, 0.05) is 11.6 Å². The first-order chi connectivity index (χ1) is 20.5. The predicted octanol–water partition coefficient (Wildman–Crippen LogP) is 6.53. The van der Waals surface area contributed by atoms with Gasteiger partial charge in [-0.1, -0.05) is 0 Å². The number of ether oxygens (including phenoxy) is 4. The van der Waals surface area contributed by atoms with Crippen molar-refractivity contribution in [1.82, 2.24) is 20.6 Å². The zero-order valence-electron chi connectivity index (χ0n) is 25.0. The molecule has 0 aromatic carbocycles. The summed E-state index contributed by atoms with van der Waals surface area (Å²) in [7, 11) is 3.34. The Morgan fingerprint density at radius 3 is 1.88 bits per heavy atom. The van der Waals surface area contributed by atoms with Crippen LogP contribution >= 0.6 is 51.4 Å². The molecule has 2 fully saturated rings. The topological polar surface area (TPSA) is 133 Å². The minimum atomic E-state index is -1.00. The third-order valence-corrected chi connectivity index (χ3v) is 7.81. The van der Waals surface area contributed by atoms with Gasteiger partial charge in [0.15, 0.2) is 0 Å². The first-order valence-corrected chi connectivity index (χ1v) is 16.0. The molecule has 2 N–H and O–H groups in total. The second-order valence-corrected chi connectivity index (χ2v) is 13.0. The number of hydrogen-bond donors (Lipinski definition) is 3. The van der Waals surface area contributed by atoms with Crippen molar-refractivity contribution >= 4 is 71.2 Å². The number of nitrogens with zero attached hydrogens (tertiary/aromatic N) is 3. The molecule has 0 unspecified atom stereocenters. The van der Waals surface area contributed by atoms with Crippen LogP contribution < -0.4 is 10.6 Å². The van der Waals surface area contributed by atoms with Gasteiger partial charge >= 0.3 is 36.9 Å². The standard InChI is InChI=1S/C12H17BrN2O3S.C12H18N2O3S.CH3F.BHNS/c1-7(2)18-12(16)15-8-3-4-9(17-6-8)11-14-5-10(13)19-11;1-8(2)17-12(15)14-9-3-4-10(16-7-9)11-13-5-6-18-11;1-2;1-2-3/h5,7-9H,3-4,6H2,1-2H3,(H,15,16);5-6,8-10H,3-4,7H2,1-2H3,(H,14,15);1H3;3H/t8-,9+;9-,10+;;/m11../s1/i;;1D;. The number of alkyl carbamates (subject to hydrolysis) is 2. The molecule has 4 heterocycles. The molecule has 17 heteroatoms. The number of nitrogens with one attached hydrogen (secondary N) is 2. The number of rotatable bonds is 6. The molecular formula is C25H39BBrFN5O6S3. The molecule has 2 aromatic rings. The maximum absolute atomic E-state index is 11.5. The fourth-order valence-corrected chi connectivity index (χ4v) is 5.81. The van der Waals surface area contributed by atoms with Gasteiger partial charge < -0.3 is 29.6 Å². The van der Waals surface area contributed by atoms with E-state index in [1.807, 2.05) is 33.1 Å². The van der Waals surface area contributed by atoms with Crippen LogP contribution in [-0.2, 0) is 18.9 Å². The molecule has 0 bridgehead atoms. The summed E-state index contributed by atoms with van der Waals surface area (Å²) in [6.45, 7) is 8.32. The fraction of sp³-hybridized carbons (Fsp3) is 0.680. The summed E-state index contributed by atoms with van der Waals surface area (Å²) in [6.07, 6.45) is 6.22. The first-order valence-electron chi connectivity index (χ1n) is 13.8. The van der Waals surface area contributed by atoms with Gasteiger partial charge in [0.05, 0.1) is 56.0 Å². The van der Waals surface area contributed by atoms with Crippen LogP contribution in [0.4, 0.5) is 14.0 Å². The van der Waals surface area contributed by atoms with Gasteiger partial charge in [-0.2, -0.15) is 0 Å². The van der Waals surface area contributed by atoms with Gasteiger partial charge in [-0.05, 0) is 69.3 Å². The Kier molecular flexibility index (Phi) is 19.1. The van der Waals surface area contributed by atoms with E-state index < -0.39 is 7.15 Å². The molecule has 1 radical (unpaired) electrons. The quantitative estimate of drug-likeness (QED) is 0.228. The maximum atomic E-state index is 11.5. The van der Waals surface area contributed by atoms with Crippen molar-refractivity contribution in [2.75, 3.05) is 20.4 Å². The van der Waals surface area contributed by atoms with E-state index in [4.69, 9.17) is 20.3 Å². The third-order valence-electron chi connectivity index (χ3n) is 5.38. The van der Waals surface area contributed by atoms with Crippen molar-refractivity contribution in [2.24, 2.45) is 4.30 Å². The molecular weight excluding hydrogens is 672 g/mol. The van der Waals surface area contributed by atoms with E-state index in [9.17, 15) is 14.0 Å². The van der Waals surface area contributed by atoms with E-state index in [1.54, 1.807) is 35.1 Å². The number of thiol groups is 1. The van der Waals surface area contributed by atoms with E-state index >= 15 is 0 Å². The summed E-state index contributed by atoms with van der Waals surface area (Å²) in [4.78, 5) is 31.4. The minimum absolute atomic E-state index is 0.0194. The average Bonchev–Trinajstić information content (AvgIpc) is 3.62. The second kappa shape index (κ2) is 21.9. The summed E-state index contributed by atoms with van der Waals surface area (Å²) in [5.74, 6) is 0. The summed E-state index contributed by atoms with van der Waals surface area (Å²) < 4.78 is 40.8. The molecule has 2 amide bonds. The number of carbonyl (C=O) groups is 2. The molecule has 4 rings (SSSR count). The van der Waals surface area contributed by atoms with E-state index in [0.717, 1.165) is 39.5 Å². The van der Waals surface area contributed by atoms with Crippen LogP contribution in [0.15, 0.2) is 25.9 Å². The Balaban J connectivity index is 0.000000364. The van der Waals surface area contributed by atoms with Gasteiger partial charge in [0.25, 0.3) is 0 Å². The zero-order valence-corrected chi connectivity index (χ0v) is 28.1. The molecule has 4 atom stereocenters. The van der Waals surface area contributed by atoms with Crippen molar-refractivity contribution in [3.8, 4) is 0 Å². The van der Waals surface area contributed by atoms with Crippen LogP contribution in [-0.4, -0.2) is 74.5 Å². The van der Waals surface area contributed by atoms with Gasteiger partial charge in [-0.25, -0.2) is 19.6 Å². The van der Waals surface area contributed by atoms with Gasteiger partial charge in [0.1, 0.15) is 22.2 Å². The number of amides is 2. The molecule has 0 spiro atoms. The summed E-state index contributed by atoms with van der Waals surface area (Å²) in [6, 6.07) is 0.0540. The Labute approximate surface area is 271 Å². The molecule has 11 nitrogen and oxygen atoms in total. The molecule has 2 aromatic heterocycles. The molecule has 0 saturated carbocycles. The Morgan fingerprint density at radius 1 is 1.07 bits per heavy atom. The normalized spacial score (nSPS) is 21.6. The van der Waals surface area contributed by atoms with E-state index in [0.29, 0.717) is 13.2 Å². The summed E-state index contributed by atoms with van der Waals surface area (Å²) >= 11 is 9.78. The summed E-state index contributed by atoms with van der Waals surface area (Å²) in [5.41, 5.74) is 0. The Hall–Kier alpha value is -1.66. The molecule has 2 aliphatic heterocycles. The summed E-state index contributed by atoms with van der Waals surface area (Å²) in [5, 5.41) is 9.57. The zero-order chi connectivity index (χ0) is 32.2. The first kappa shape index (κ1) is 36.5. The van der Waals surface area contributed by atoms with Crippen molar-refractivity contribution in [3.63, 3.8) is 0 Å². The number of alkyl halides is 1. The van der Waals surface area contributed by atoms with Gasteiger partial charge in [0.2, 0.25) is 0 Å². The van der Waals surface area contributed by atoms with Crippen molar-refractivity contribution < 1.29 is 34.3 Å². The Morgan fingerprint density at radius 2 is 1.55 bits per heavy atom. The van der Waals surface area contributed by atoms with Crippen LogP contribution in [0.2, 0.25) is 0 Å². The van der Waals surface area contributed by atoms with E-state index in [2.05, 4.69) is 61.3 Å². The van der Waals surface area contributed by atoms with Crippen molar-refractivity contribution in [3.05, 3.63) is 31.6 Å². The molecule has 2 aliphatic rings. The average molecular weight is 713 g/mol.